The number of fused-ring (bicyclic) bond motifs is 1. The summed E-state index contributed by atoms with van der Waals surface area (Å²) in [7, 11) is 3.65. The number of ether oxygens (including phenoxy) is 3. The third kappa shape index (κ3) is 5.58. The third-order valence-corrected chi connectivity index (χ3v) is 10.2. The first kappa shape index (κ1) is 29.8. The lowest BCUT2D eigenvalue weighted by Gasteiger charge is -2.47. The van der Waals surface area contributed by atoms with Crippen molar-refractivity contribution in [2.75, 3.05) is 26.5 Å². The van der Waals surface area contributed by atoms with E-state index in [4.69, 9.17) is 14.2 Å². The van der Waals surface area contributed by atoms with Gasteiger partial charge in [-0.15, -0.1) is 11.8 Å². The molecule has 11 heteroatoms. The number of amides is 1. The Morgan fingerprint density at radius 1 is 1.19 bits per heavy atom. The Labute approximate surface area is 256 Å². The SMILES string of the molecule is COC1CN(C2CCC(C3(C)Oc4c(-c5cnn(C)c5)cc(C(=O)NCc5c(SC)cc(C)[nH]c5=O)c(C)c4O3)CC2)C1. The van der Waals surface area contributed by atoms with Crippen LogP contribution in [0.4, 0.5) is 0 Å². The number of aromatic amines is 1. The van der Waals surface area contributed by atoms with E-state index in [2.05, 4.69) is 20.3 Å². The normalized spacial score (nSPS) is 23.8. The standard InChI is InChI=1S/C32H41N5O5S/c1-18-11-27(43-6)26(31(39)35-18)14-33-30(38)24-12-25(20-13-34-36(4)15-20)29-28(19(24)2)41-32(3,42-29)21-7-9-22(10-8-21)37-16-23(17-37)40-5/h11-13,15,21-23H,7-10,14,16-17H2,1-6H3,(H,33,38)(H,35,39). The number of rotatable bonds is 8. The predicted molar refractivity (Wildman–Crippen MR) is 166 cm³/mol. The van der Waals surface area contributed by atoms with Crippen molar-refractivity contribution in [2.45, 2.75) is 75.8 Å². The van der Waals surface area contributed by atoms with Crippen LogP contribution >= 0.6 is 11.8 Å². The second kappa shape index (κ2) is 11.7. The molecule has 2 aliphatic heterocycles. The summed E-state index contributed by atoms with van der Waals surface area (Å²) in [4.78, 5) is 32.6. The number of H-pyrrole nitrogens is 1. The lowest BCUT2D eigenvalue weighted by molar-refractivity contribution is -0.130. The van der Waals surface area contributed by atoms with Crippen LogP contribution in [0.5, 0.6) is 11.5 Å². The monoisotopic (exact) mass is 607 g/mol. The molecule has 0 bridgehead atoms. The maximum Gasteiger partial charge on any atom is 0.254 e. The molecule has 10 nitrogen and oxygen atoms in total. The van der Waals surface area contributed by atoms with Crippen molar-refractivity contribution in [1.29, 1.82) is 0 Å². The Kier molecular flexibility index (Phi) is 8.08. The molecule has 3 aliphatic rings. The van der Waals surface area contributed by atoms with Gasteiger partial charge in [0, 0.05) is 97.3 Å². The molecule has 1 atom stereocenters. The number of carbonyl (C=O) groups excluding carboxylic acids is 1. The van der Waals surface area contributed by atoms with Gasteiger partial charge in [-0.25, -0.2) is 0 Å². The van der Waals surface area contributed by atoms with E-state index in [1.165, 1.54) is 11.8 Å². The van der Waals surface area contributed by atoms with Gasteiger partial charge in [0.2, 0.25) is 0 Å². The van der Waals surface area contributed by atoms with Crippen molar-refractivity contribution < 1.29 is 19.0 Å². The van der Waals surface area contributed by atoms with Gasteiger partial charge >= 0.3 is 0 Å². The van der Waals surface area contributed by atoms with Crippen LogP contribution in [0.3, 0.4) is 0 Å². The maximum atomic E-state index is 13.7. The summed E-state index contributed by atoms with van der Waals surface area (Å²) in [6.45, 7) is 7.91. The molecule has 1 amide bonds. The molecule has 2 fully saturated rings. The predicted octanol–water partition coefficient (Wildman–Crippen LogP) is 4.42. The van der Waals surface area contributed by atoms with Crippen molar-refractivity contribution in [3.8, 4) is 22.6 Å². The summed E-state index contributed by atoms with van der Waals surface area (Å²) in [5, 5.41) is 7.35. The minimum absolute atomic E-state index is 0.115. The Balaban J connectivity index is 1.25. The quantitative estimate of drug-likeness (QED) is 0.362. The summed E-state index contributed by atoms with van der Waals surface area (Å²) in [6.07, 6.45) is 10.2. The first-order valence-electron chi connectivity index (χ1n) is 15.0. The van der Waals surface area contributed by atoms with E-state index in [9.17, 15) is 9.59 Å². The van der Waals surface area contributed by atoms with E-state index in [-0.39, 0.29) is 23.9 Å². The highest BCUT2D eigenvalue weighted by Gasteiger charge is 2.48. The Hall–Kier alpha value is -3.28. The van der Waals surface area contributed by atoms with E-state index in [1.54, 1.807) is 18.0 Å². The zero-order valence-electron chi connectivity index (χ0n) is 25.8. The van der Waals surface area contributed by atoms with Gasteiger partial charge < -0.3 is 24.5 Å². The molecule has 230 valence electrons. The fourth-order valence-electron chi connectivity index (χ4n) is 6.74. The second-order valence-corrected chi connectivity index (χ2v) is 13.1. The average Bonchev–Trinajstić information content (AvgIpc) is 3.56. The van der Waals surface area contributed by atoms with Crippen LogP contribution in [0.25, 0.3) is 11.1 Å². The molecule has 1 aliphatic carbocycles. The topological polar surface area (TPSA) is 111 Å². The number of aryl methyl sites for hydroxylation is 2. The van der Waals surface area contributed by atoms with E-state index in [0.29, 0.717) is 40.3 Å². The number of aromatic nitrogens is 3. The van der Waals surface area contributed by atoms with Crippen molar-refractivity contribution in [2.24, 2.45) is 13.0 Å². The van der Waals surface area contributed by atoms with Crippen LogP contribution in [0.15, 0.2) is 34.2 Å². The zero-order chi connectivity index (χ0) is 30.5. The summed E-state index contributed by atoms with van der Waals surface area (Å²) in [6, 6.07) is 4.36. The number of pyridine rings is 1. The Bertz CT molecular complexity index is 1590. The fraction of sp³-hybridized carbons (Fsp3) is 0.531. The molecule has 3 aromatic rings. The van der Waals surface area contributed by atoms with Crippen molar-refractivity contribution >= 4 is 17.7 Å². The molecule has 0 radical (unpaired) electrons. The molecule has 43 heavy (non-hydrogen) atoms. The maximum absolute atomic E-state index is 13.7. The molecule has 2 N–H and O–H groups in total. The molecule has 1 saturated carbocycles. The minimum atomic E-state index is -0.837. The van der Waals surface area contributed by atoms with Crippen LogP contribution in [0.1, 0.15) is 59.8 Å². The largest absolute Gasteiger partial charge is 0.448 e. The summed E-state index contributed by atoms with van der Waals surface area (Å²) < 4.78 is 20.6. The summed E-state index contributed by atoms with van der Waals surface area (Å²) in [5.74, 6) is 0.347. The third-order valence-electron chi connectivity index (χ3n) is 9.39. The Morgan fingerprint density at radius 3 is 2.56 bits per heavy atom. The average molecular weight is 608 g/mol. The molecule has 2 aromatic heterocycles. The number of hydrogen-bond donors (Lipinski definition) is 2. The van der Waals surface area contributed by atoms with Gasteiger partial charge in [-0.05, 0) is 57.9 Å². The van der Waals surface area contributed by atoms with Crippen LogP contribution in [-0.4, -0.2) is 70.0 Å². The number of nitrogens with zero attached hydrogens (tertiary/aromatic N) is 3. The van der Waals surface area contributed by atoms with Gasteiger partial charge in [-0.1, -0.05) is 0 Å². The molecule has 0 spiro atoms. The van der Waals surface area contributed by atoms with E-state index < -0.39 is 5.79 Å². The smallest absolute Gasteiger partial charge is 0.254 e. The van der Waals surface area contributed by atoms with Crippen LogP contribution < -0.4 is 20.3 Å². The summed E-state index contributed by atoms with van der Waals surface area (Å²) >= 11 is 1.49. The number of carbonyl (C=O) groups is 1. The lowest BCUT2D eigenvalue weighted by atomic mass is 9.80. The first-order chi connectivity index (χ1) is 20.6. The van der Waals surface area contributed by atoms with Crippen LogP contribution in [-0.2, 0) is 18.3 Å². The van der Waals surface area contributed by atoms with Crippen molar-refractivity contribution in [3.63, 3.8) is 0 Å². The summed E-state index contributed by atoms with van der Waals surface area (Å²) in [5.41, 5.74) is 3.93. The van der Waals surface area contributed by atoms with Crippen molar-refractivity contribution in [1.82, 2.24) is 25.0 Å². The van der Waals surface area contributed by atoms with Gasteiger partial charge in [0.1, 0.15) is 0 Å². The van der Waals surface area contributed by atoms with Crippen LogP contribution in [0.2, 0.25) is 0 Å². The van der Waals surface area contributed by atoms with Gasteiger partial charge in [0.15, 0.2) is 11.5 Å². The van der Waals surface area contributed by atoms with E-state index >= 15 is 0 Å². The lowest BCUT2D eigenvalue weighted by Crippen LogP contribution is -2.57. The fourth-order valence-corrected chi connectivity index (χ4v) is 7.45. The molecule has 1 aromatic carbocycles. The molecular formula is C32H41N5O5S. The molecule has 6 rings (SSSR count). The van der Waals surface area contributed by atoms with Crippen molar-refractivity contribution in [3.05, 3.63) is 57.3 Å². The second-order valence-electron chi connectivity index (χ2n) is 12.2. The van der Waals surface area contributed by atoms with E-state index in [0.717, 1.165) is 60.5 Å². The minimum Gasteiger partial charge on any atom is -0.448 e. The number of hydrogen-bond acceptors (Lipinski definition) is 8. The molecule has 1 unspecified atom stereocenters. The van der Waals surface area contributed by atoms with Gasteiger partial charge in [0.25, 0.3) is 17.3 Å². The number of thioether (sulfide) groups is 1. The van der Waals surface area contributed by atoms with E-state index in [1.807, 2.05) is 52.4 Å². The van der Waals surface area contributed by atoms with Crippen LogP contribution in [0, 0.1) is 19.8 Å². The number of likely N-dealkylation sites (tertiary alicyclic amines) is 1. The number of nitrogens with one attached hydrogen (secondary N) is 2. The molecular weight excluding hydrogens is 566 g/mol. The number of methoxy groups -OCH3 is 1. The molecule has 1 saturated heterocycles. The highest BCUT2D eigenvalue weighted by atomic mass is 32.2. The Morgan fingerprint density at radius 2 is 1.91 bits per heavy atom. The highest BCUT2D eigenvalue weighted by molar-refractivity contribution is 7.98. The molecule has 4 heterocycles. The van der Waals surface area contributed by atoms with Gasteiger partial charge in [0.05, 0.1) is 12.3 Å². The van der Waals surface area contributed by atoms with Gasteiger partial charge in [-0.2, -0.15) is 5.10 Å². The van der Waals surface area contributed by atoms with Gasteiger partial charge in [-0.3, -0.25) is 19.2 Å². The highest BCUT2D eigenvalue weighted by Crippen LogP contribution is 2.53. The number of benzene rings is 1. The zero-order valence-corrected chi connectivity index (χ0v) is 26.6. The first-order valence-corrected chi connectivity index (χ1v) is 16.2.